The van der Waals surface area contributed by atoms with Crippen LogP contribution in [0.15, 0.2) is 48.5 Å². The summed E-state index contributed by atoms with van der Waals surface area (Å²) in [6.45, 7) is 4.30. The van der Waals surface area contributed by atoms with Crippen molar-refractivity contribution < 1.29 is 9.84 Å². The van der Waals surface area contributed by atoms with Crippen LogP contribution in [-0.4, -0.2) is 16.8 Å². The van der Waals surface area contributed by atoms with Gasteiger partial charge in [-0.25, -0.2) is 0 Å². The number of benzene rings is 2. The zero-order chi connectivity index (χ0) is 15.0. The first-order chi connectivity index (χ1) is 10.1. The largest absolute Gasteiger partial charge is 0.507 e. The van der Waals surface area contributed by atoms with Crippen molar-refractivity contribution in [2.24, 2.45) is 0 Å². The molecule has 1 aromatic heterocycles. The van der Waals surface area contributed by atoms with Gasteiger partial charge in [0.25, 0.3) is 0 Å². The fourth-order valence-electron chi connectivity index (χ4n) is 2.78. The molecule has 0 amide bonds. The van der Waals surface area contributed by atoms with E-state index in [1.807, 2.05) is 42.5 Å². The summed E-state index contributed by atoms with van der Waals surface area (Å²) >= 11 is 0. The van der Waals surface area contributed by atoms with Crippen molar-refractivity contribution in [2.45, 2.75) is 19.9 Å². The molecule has 0 spiro atoms. The van der Waals surface area contributed by atoms with E-state index in [9.17, 15) is 5.11 Å². The normalized spacial score (nSPS) is 11.2. The molecule has 0 radical (unpaired) electrons. The first kappa shape index (κ1) is 13.6. The van der Waals surface area contributed by atoms with Gasteiger partial charge in [0.05, 0.1) is 12.6 Å². The molecule has 0 saturated carbocycles. The average molecular weight is 281 g/mol. The maximum atomic E-state index is 10.1. The van der Waals surface area contributed by atoms with Gasteiger partial charge < -0.3 is 14.4 Å². The van der Waals surface area contributed by atoms with Crippen molar-refractivity contribution in [3.8, 4) is 22.8 Å². The van der Waals surface area contributed by atoms with Crippen molar-refractivity contribution in [1.82, 2.24) is 4.57 Å². The van der Waals surface area contributed by atoms with Gasteiger partial charge in [-0.3, -0.25) is 0 Å². The van der Waals surface area contributed by atoms with Crippen LogP contribution in [-0.2, 0) is 0 Å². The number of hydrogen-bond acceptors (Lipinski definition) is 2. The maximum absolute atomic E-state index is 10.1. The Labute approximate surface area is 124 Å². The van der Waals surface area contributed by atoms with Crippen molar-refractivity contribution in [1.29, 1.82) is 0 Å². The second-order valence-corrected chi connectivity index (χ2v) is 5.43. The quantitative estimate of drug-likeness (QED) is 0.761. The van der Waals surface area contributed by atoms with Crippen LogP contribution in [0.3, 0.4) is 0 Å². The minimum Gasteiger partial charge on any atom is -0.507 e. The number of rotatable bonds is 3. The van der Waals surface area contributed by atoms with Gasteiger partial charge in [-0.1, -0.05) is 6.07 Å². The van der Waals surface area contributed by atoms with Crippen molar-refractivity contribution in [2.75, 3.05) is 7.11 Å². The lowest BCUT2D eigenvalue weighted by molar-refractivity contribution is 0.415. The summed E-state index contributed by atoms with van der Waals surface area (Å²) in [5.74, 6) is 1.16. The Bertz CT molecular complexity index is 770. The Morgan fingerprint density at radius 1 is 1.05 bits per heavy atom. The number of phenolic OH excluding ortho intramolecular Hbond substituents is 1. The molecule has 3 aromatic rings. The van der Waals surface area contributed by atoms with Crippen LogP contribution in [0.1, 0.15) is 19.9 Å². The predicted octanol–water partition coefficient (Wildman–Crippen LogP) is 4.60. The Morgan fingerprint density at radius 3 is 2.38 bits per heavy atom. The monoisotopic (exact) mass is 281 g/mol. The lowest BCUT2D eigenvalue weighted by atomic mass is 10.1. The number of aromatic hydroxyl groups is 1. The smallest absolute Gasteiger partial charge is 0.124 e. The summed E-state index contributed by atoms with van der Waals surface area (Å²) in [6, 6.07) is 16.0. The topological polar surface area (TPSA) is 34.4 Å². The number of methoxy groups -OCH3 is 1. The maximum Gasteiger partial charge on any atom is 0.124 e. The summed E-state index contributed by atoms with van der Waals surface area (Å²) in [5.41, 5.74) is 3.26. The first-order valence-corrected chi connectivity index (χ1v) is 7.09. The number of fused-ring (bicyclic) bond motifs is 1. The van der Waals surface area contributed by atoms with E-state index in [-0.39, 0.29) is 0 Å². The summed E-state index contributed by atoms with van der Waals surface area (Å²) in [7, 11) is 1.66. The van der Waals surface area contributed by atoms with Crippen LogP contribution in [0.5, 0.6) is 11.5 Å². The van der Waals surface area contributed by atoms with Gasteiger partial charge in [-0.2, -0.15) is 0 Å². The Kier molecular flexibility index (Phi) is 3.34. The van der Waals surface area contributed by atoms with E-state index in [1.54, 1.807) is 13.2 Å². The van der Waals surface area contributed by atoms with E-state index in [0.717, 1.165) is 27.9 Å². The van der Waals surface area contributed by atoms with Crippen molar-refractivity contribution in [3.63, 3.8) is 0 Å². The standard InChI is InChI=1S/C18H19NO2/c1-12(2)19-16-5-4-6-18(20)15(16)11-17(19)13-7-9-14(21-3)10-8-13/h4-12,20H,1-3H3. The third kappa shape index (κ3) is 2.25. The number of hydrogen-bond donors (Lipinski definition) is 1. The van der Waals surface area contributed by atoms with Crippen LogP contribution < -0.4 is 4.74 Å². The lowest BCUT2D eigenvalue weighted by Gasteiger charge is -2.15. The molecular formula is C18H19NO2. The number of nitrogens with zero attached hydrogens (tertiary/aromatic N) is 1. The molecule has 1 N–H and O–H groups in total. The molecule has 0 bridgehead atoms. The second kappa shape index (κ2) is 5.17. The van der Waals surface area contributed by atoms with Gasteiger partial charge in [0.15, 0.2) is 0 Å². The molecule has 2 aromatic carbocycles. The molecule has 3 nitrogen and oxygen atoms in total. The molecule has 1 heterocycles. The highest BCUT2D eigenvalue weighted by molar-refractivity contribution is 5.91. The van der Waals surface area contributed by atoms with Gasteiger partial charge in [0.1, 0.15) is 11.5 Å². The molecule has 108 valence electrons. The minimum atomic E-state index is 0.307. The second-order valence-electron chi connectivity index (χ2n) is 5.43. The van der Waals surface area contributed by atoms with Crippen LogP contribution in [0.25, 0.3) is 22.2 Å². The molecular weight excluding hydrogens is 262 g/mol. The van der Waals surface area contributed by atoms with E-state index < -0.39 is 0 Å². The Hall–Kier alpha value is -2.42. The van der Waals surface area contributed by atoms with Gasteiger partial charge in [-0.15, -0.1) is 0 Å². The number of aromatic nitrogens is 1. The third-order valence-corrected chi connectivity index (χ3v) is 3.76. The zero-order valence-electron chi connectivity index (χ0n) is 12.5. The van der Waals surface area contributed by atoms with Crippen molar-refractivity contribution >= 4 is 10.9 Å². The molecule has 0 unspecified atom stereocenters. The molecule has 0 atom stereocenters. The van der Waals surface area contributed by atoms with Gasteiger partial charge in [0.2, 0.25) is 0 Å². The number of ether oxygens (including phenoxy) is 1. The van der Waals surface area contributed by atoms with E-state index in [1.165, 1.54) is 0 Å². The third-order valence-electron chi connectivity index (χ3n) is 3.76. The highest BCUT2D eigenvalue weighted by Crippen LogP contribution is 2.35. The van der Waals surface area contributed by atoms with Crippen LogP contribution in [0, 0.1) is 0 Å². The van der Waals surface area contributed by atoms with Gasteiger partial charge in [-0.05, 0) is 61.9 Å². The van der Waals surface area contributed by atoms with E-state index >= 15 is 0 Å². The van der Waals surface area contributed by atoms with Crippen LogP contribution >= 0.6 is 0 Å². The highest BCUT2D eigenvalue weighted by atomic mass is 16.5. The van der Waals surface area contributed by atoms with E-state index in [0.29, 0.717) is 11.8 Å². The molecule has 0 aliphatic heterocycles. The van der Waals surface area contributed by atoms with Crippen LogP contribution in [0.2, 0.25) is 0 Å². The molecule has 21 heavy (non-hydrogen) atoms. The molecule has 3 heteroatoms. The SMILES string of the molecule is COc1ccc(-c2cc3c(O)cccc3n2C(C)C)cc1. The fourth-order valence-corrected chi connectivity index (χ4v) is 2.78. The predicted molar refractivity (Wildman–Crippen MR) is 86.0 cm³/mol. The van der Waals surface area contributed by atoms with Gasteiger partial charge >= 0.3 is 0 Å². The molecule has 0 fully saturated rings. The van der Waals surface area contributed by atoms with E-state index in [4.69, 9.17) is 4.74 Å². The molecule has 0 aliphatic rings. The van der Waals surface area contributed by atoms with Gasteiger partial charge in [0, 0.05) is 17.1 Å². The lowest BCUT2D eigenvalue weighted by Crippen LogP contribution is -2.02. The molecule has 0 saturated heterocycles. The Balaban J connectivity index is 2.25. The fraction of sp³-hybridized carbons (Fsp3) is 0.222. The summed E-state index contributed by atoms with van der Waals surface area (Å²) in [5, 5.41) is 11.0. The highest BCUT2D eigenvalue weighted by Gasteiger charge is 2.15. The summed E-state index contributed by atoms with van der Waals surface area (Å²) < 4.78 is 7.46. The summed E-state index contributed by atoms with van der Waals surface area (Å²) in [6.07, 6.45) is 0. The summed E-state index contributed by atoms with van der Waals surface area (Å²) in [4.78, 5) is 0. The molecule has 0 aliphatic carbocycles. The Morgan fingerprint density at radius 2 is 1.76 bits per heavy atom. The zero-order valence-corrected chi connectivity index (χ0v) is 12.5. The average Bonchev–Trinajstić information content (AvgIpc) is 2.88. The van der Waals surface area contributed by atoms with Crippen LogP contribution in [0.4, 0.5) is 0 Å². The van der Waals surface area contributed by atoms with Crippen molar-refractivity contribution in [3.05, 3.63) is 48.5 Å². The first-order valence-electron chi connectivity index (χ1n) is 7.09. The number of phenols is 1. The minimum absolute atomic E-state index is 0.307. The molecule has 3 rings (SSSR count). The van der Waals surface area contributed by atoms with E-state index in [2.05, 4.69) is 18.4 Å².